The number of amides is 2. The summed E-state index contributed by atoms with van der Waals surface area (Å²) >= 11 is 0. The van der Waals surface area contributed by atoms with Gasteiger partial charge < -0.3 is 9.84 Å². The van der Waals surface area contributed by atoms with Gasteiger partial charge in [-0.3, -0.25) is 15.1 Å². The summed E-state index contributed by atoms with van der Waals surface area (Å²) in [7, 11) is 1.44. The van der Waals surface area contributed by atoms with Gasteiger partial charge in [-0.2, -0.15) is 8.78 Å². The van der Waals surface area contributed by atoms with Crippen molar-refractivity contribution in [2.75, 3.05) is 20.2 Å². The van der Waals surface area contributed by atoms with Crippen LogP contribution in [0.3, 0.4) is 0 Å². The quantitative estimate of drug-likeness (QED) is 0.595. The van der Waals surface area contributed by atoms with E-state index in [0.29, 0.717) is 5.56 Å². The zero-order valence-electron chi connectivity index (χ0n) is 18.5. The van der Waals surface area contributed by atoms with Crippen LogP contribution in [0.1, 0.15) is 22.7 Å². The Hall–Kier alpha value is -3.74. The lowest BCUT2D eigenvalue weighted by atomic mass is 10.0. The number of hydrogen-bond donors (Lipinski definition) is 2. The summed E-state index contributed by atoms with van der Waals surface area (Å²) in [4.78, 5) is 23.8. The number of guanidine groups is 2. The average Bonchev–Trinajstić information content (AvgIpc) is 3.26. The lowest BCUT2D eigenvalue weighted by molar-refractivity contribution is -0.200. The molecule has 8 nitrogen and oxygen atoms in total. The molecule has 186 valence electrons. The number of nitrogens with zero attached hydrogens (tertiary/aromatic N) is 4. The third-order valence-corrected chi connectivity index (χ3v) is 5.50. The van der Waals surface area contributed by atoms with E-state index < -0.39 is 48.7 Å². The SMILES string of the molecule is Cc1ccc(OC(F)(F)CO)cc1N=C1NC(=O)N(C)C2=NCC(c3cc(F)c(F)c(CF)c3)N12. The zero-order chi connectivity index (χ0) is 25.5. The molecule has 2 N–H and O–H groups in total. The predicted molar refractivity (Wildman–Crippen MR) is 115 cm³/mol. The first-order valence-electron chi connectivity index (χ1n) is 10.3. The van der Waals surface area contributed by atoms with E-state index in [1.807, 2.05) is 0 Å². The molecule has 1 saturated heterocycles. The van der Waals surface area contributed by atoms with E-state index >= 15 is 0 Å². The molecule has 0 aliphatic carbocycles. The van der Waals surface area contributed by atoms with Gasteiger partial charge >= 0.3 is 12.1 Å². The van der Waals surface area contributed by atoms with Crippen LogP contribution in [-0.2, 0) is 6.67 Å². The summed E-state index contributed by atoms with van der Waals surface area (Å²) in [5.41, 5.74) is 0.415. The van der Waals surface area contributed by atoms with Crippen LogP contribution in [0, 0.1) is 18.6 Å². The third-order valence-electron chi connectivity index (χ3n) is 5.50. The highest BCUT2D eigenvalue weighted by molar-refractivity contribution is 6.16. The van der Waals surface area contributed by atoms with Crippen molar-refractivity contribution in [3.05, 3.63) is 58.7 Å². The number of carbonyl (C=O) groups excluding carboxylic acids is 1. The van der Waals surface area contributed by atoms with Crippen LogP contribution in [0.2, 0.25) is 0 Å². The first-order valence-corrected chi connectivity index (χ1v) is 10.3. The molecule has 2 heterocycles. The normalized spacial score (nSPS) is 19.1. The van der Waals surface area contributed by atoms with Crippen molar-refractivity contribution in [3.63, 3.8) is 0 Å². The number of nitrogens with one attached hydrogen (secondary N) is 1. The number of benzene rings is 2. The molecule has 35 heavy (non-hydrogen) atoms. The molecule has 0 bridgehead atoms. The highest BCUT2D eigenvalue weighted by atomic mass is 19.3. The van der Waals surface area contributed by atoms with Crippen molar-refractivity contribution in [3.8, 4) is 5.75 Å². The topological polar surface area (TPSA) is 89.8 Å². The van der Waals surface area contributed by atoms with Crippen LogP contribution < -0.4 is 10.1 Å². The molecular formula is C22H20F5N5O3. The van der Waals surface area contributed by atoms with Gasteiger partial charge in [0, 0.05) is 18.7 Å². The van der Waals surface area contributed by atoms with E-state index in [4.69, 9.17) is 5.11 Å². The zero-order valence-corrected chi connectivity index (χ0v) is 18.5. The Morgan fingerprint density at radius 3 is 2.71 bits per heavy atom. The minimum Gasteiger partial charge on any atom is -0.431 e. The van der Waals surface area contributed by atoms with Gasteiger partial charge in [0.25, 0.3) is 0 Å². The highest BCUT2D eigenvalue weighted by Gasteiger charge is 2.41. The number of fused-ring (bicyclic) bond motifs is 1. The number of alkyl halides is 3. The Bertz CT molecular complexity index is 1240. The fraction of sp³-hybridized carbons (Fsp3) is 0.318. The van der Waals surface area contributed by atoms with Crippen LogP contribution in [0.4, 0.5) is 32.4 Å². The van der Waals surface area contributed by atoms with Gasteiger partial charge in [-0.05, 0) is 36.2 Å². The Morgan fingerprint density at radius 1 is 1.29 bits per heavy atom. The summed E-state index contributed by atoms with van der Waals surface area (Å²) in [5.74, 6) is -2.72. The van der Waals surface area contributed by atoms with E-state index in [0.717, 1.165) is 6.07 Å². The number of aryl methyl sites for hydroxylation is 1. The Morgan fingerprint density at radius 2 is 2.03 bits per heavy atom. The number of hydrogen-bond acceptors (Lipinski definition) is 5. The average molecular weight is 497 g/mol. The van der Waals surface area contributed by atoms with E-state index in [9.17, 15) is 26.7 Å². The molecule has 2 aromatic rings. The highest BCUT2D eigenvalue weighted by Crippen LogP contribution is 2.34. The molecule has 4 rings (SSSR count). The molecular weight excluding hydrogens is 477 g/mol. The molecule has 0 radical (unpaired) electrons. The number of aliphatic hydroxyl groups is 1. The van der Waals surface area contributed by atoms with Crippen molar-refractivity contribution in [1.82, 2.24) is 15.1 Å². The van der Waals surface area contributed by atoms with E-state index in [1.54, 1.807) is 6.92 Å². The largest absolute Gasteiger partial charge is 0.431 e. The molecule has 2 aromatic carbocycles. The minimum absolute atomic E-state index is 0.0231. The van der Waals surface area contributed by atoms with Crippen LogP contribution in [-0.4, -0.2) is 59.2 Å². The van der Waals surface area contributed by atoms with Gasteiger partial charge in [0.1, 0.15) is 19.0 Å². The molecule has 0 spiro atoms. The number of urea groups is 1. The minimum atomic E-state index is -3.82. The van der Waals surface area contributed by atoms with Gasteiger partial charge in [-0.1, -0.05) is 6.07 Å². The van der Waals surface area contributed by atoms with Crippen LogP contribution >= 0.6 is 0 Å². The predicted octanol–water partition coefficient (Wildman–Crippen LogP) is 3.76. The number of rotatable bonds is 6. The second-order valence-corrected chi connectivity index (χ2v) is 7.91. The maximum absolute atomic E-state index is 14.1. The third kappa shape index (κ3) is 4.63. The number of aliphatic hydroxyl groups excluding tert-OH is 1. The summed E-state index contributed by atoms with van der Waals surface area (Å²) in [5, 5.41) is 11.3. The summed E-state index contributed by atoms with van der Waals surface area (Å²) in [6.45, 7) is -1.09. The molecule has 13 heteroatoms. The van der Waals surface area contributed by atoms with Gasteiger partial charge in [0.05, 0.1) is 18.3 Å². The maximum atomic E-state index is 14.1. The Kier molecular flexibility index (Phi) is 6.36. The van der Waals surface area contributed by atoms with Crippen LogP contribution in [0.15, 0.2) is 40.3 Å². The number of carbonyl (C=O) groups is 1. The standard InChI is InChI=1S/C22H20F5N5O3/c1-11-3-4-14(35-22(26,27)10-33)7-16(11)29-19-30-21(34)31(2)20-28-9-17(32(19)20)12-5-13(8-23)18(25)15(24)6-12/h3-7,17,33H,8-10H2,1-2H3,(H,29,30,34). The molecule has 0 aromatic heterocycles. The molecule has 1 unspecified atom stereocenters. The van der Waals surface area contributed by atoms with Gasteiger partial charge in [0.2, 0.25) is 11.9 Å². The summed E-state index contributed by atoms with van der Waals surface area (Å²) in [6.07, 6.45) is -3.82. The van der Waals surface area contributed by atoms with Crippen LogP contribution in [0.25, 0.3) is 0 Å². The Balaban J connectivity index is 1.77. The molecule has 2 amide bonds. The molecule has 2 aliphatic rings. The molecule has 1 fully saturated rings. The van der Waals surface area contributed by atoms with Crippen molar-refractivity contribution < 1.29 is 36.6 Å². The van der Waals surface area contributed by atoms with Crippen molar-refractivity contribution >= 4 is 23.6 Å². The second-order valence-electron chi connectivity index (χ2n) is 7.91. The lowest BCUT2D eigenvalue weighted by Gasteiger charge is -2.37. The fourth-order valence-corrected chi connectivity index (χ4v) is 3.69. The Labute approximate surface area is 196 Å². The smallest absolute Gasteiger partial charge is 0.421 e. The van der Waals surface area contributed by atoms with E-state index in [-0.39, 0.29) is 35.5 Å². The number of ether oxygens (including phenoxy) is 1. The van der Waals surface area contributed by atoms with Gasteiger partial charge in [-0.15, -0.1) is 0 Å². The van der Waals surface area contributed by atoms with Crippen molar-refractivity contribution in [2.24, 2.45) is 9.98 Å². The molecule has 2 aliphatic heterocycles. The number of halogens is 5. The van der Waals surface area contributed by atoms with Gasteiger partial charge in [-0.25, -0.2) is 28.0 Å². The van der Waals surface area contributed by atoms with Crippen LogP contribution in [0.5, 0.6) is 5.75 Å². The first kappa shape index (κ1) is 24.4. The lowest BCUT2D eigenvalue weighted by Crippen LogP contribution is -2.61. The van der Waals surface area contributed by atoms with Gasteiger partial charge in [0.15, 0.2) is 11.6 Å². The van der Waals surface area contributed by atoms with Crippen molar-refractivity contribution in [2.45, 2.75) is 25.7 Å². The first-order chi connectivity index (χ1) is 16.5. The fourth-order valence-electron chi connectivity index (χ4n) is 3.69. The summed E-state index contributed by atoms with van der Waals surface area (Å²) < 4.78 is 72.7. The van der Waals surface area contributed by atoms with Crippen molar-refractivity contribution in [1.29, 1.82) is 0 Å². The second kappa shape index (κ2) is 9.13. The maximum Gasteiger partial charge on any atom is 0.421 e. The molecule has 1 atom stereocenters. The number of aliphatic imine (C=N–C) groups is 2. The molecule has 0 saturated carbocycles. The van der Waals surface area contributed by atoms with E-state index in [1.165, 1.54) is 41.1 Å². The van der Waals surface area contributed by atoms with E-state index in [2.05, 4.69) is 20.0 Å². The summed E-state index contributed by atoms with van der Waals surface area (Å²) in [6, 6.07) is 4.64. The monoisotopic (exact) mass is 497 g/mol.